The van der Waals surface area contributed by atoms with Crippen molar-refractivity contribution in [3.05, 3.63) is 39.7 Å². The first kappa shape index (κ1) is 15.3. The molecule has 0 aliphatic rings. The Morgan fingerprint density at radius 1 is 1.20 bits per heavy atom. The lowest BCUT2D eigenvalue weighted by molar-refractivity contribution is 0.483. The van der Waals surface area contributed by atoms with Crippen LogP contribution in [0.3, 0.4) is 0 Å². The van der Waals surface area contributed by atoms with E-state index in [-0.39, 0.29) is 26.2 Å². The van der Waals surface area contributed by atoms with E-state index in [1.807, 2.05) is 0 Å². The van der Waals surface area contributed by atoms with E-state index in [0.29, 0.717) is 5.69 Å². The fourth-order valence-corrected chi connectivity index (χ4v) is 2.22. The molecule has 1 aromatic carbocycles. The quantitative estimate of drug-likeness (QED) is 0.500. The summed E-state index contributed by atoms with van der Waals surface area (Å²) in [6, 6.07) is 6.24. The third kappa shape index (κ3) is 3.50. The highest BCUT2D eigenvalue weighted by atomic mass is 35.5. The van der Waals surface area contributed by atoms with Crippen LogP contribution in [-0.4, -0.2) is 22.9 Å². The van der Waals surface area contributed by atoms with Crippen molar-refractivity contribution in [2.45, 2.75) is 4.90 Å². The number of hydrogen-bond acceptors (Lipinski definition) is 5. The van der Waals surface area contributed by atoms with Gasteiger partial charge in [0, 0.05) is 11.8 Å². The van der Waals surface area contributed by atoms with E-state index in [2.05, 4.69) is 21.4 Å². The first-order valence-corrected chi connectivity index (χ1v) is 7.49. The summed E-state index contributed by atoms with van der Waals surface area (Å²) in [7, 11) is -4.29. The van der Waals surface area contributed by atoms with Crippen LogP contribution < -0.4 is 5.32 Å². The molecule has 0 unspecified atom stereocenters. The SMILES string of the molecule is O=S(=O)(O)c1[c]cc(Nc2nc(Cl)nc(Cl)c2Cl)cc1. The number of halogens is 3. The summed E-state index contributed by atoms with van der Waals surface area (Å²) in [5.41, 5.74) is 0.421. The van der Waals surface area contributed by atoms with Crippen LogP contribution in [0, 0.1) is 6.07 Å². The number of nitrogens with one attached hydrogen (secondary N) is 1. The minimum Gasteiger partial charge on any atom is -0.339 e. The van der Waals surface area contributed by atoms with E-state index in [1.54, 1.807) is 0 Å². The topological polar surface area (TPSA) is 92.2 Å². The highest BCUT2D eigenvalue weighted by molar-refractivity contribution is 7.85. The molecule has 0 saturated heterocycles. The van der Waals surface area contributed by atoms with E-state index in [1.165, 1.54) is 12.1 Å². The monoisotopic (exact) mass is 352 g/mol. The van der Waals surface area contributed by atoms with Crippen molar-refractivity contribution < 1.29 is 13.0 Å². The zero-order chi connectivity index (χ0) is 14.9. The molecule has 6 nitrogen and oxygen atoms in total. The maximum atomic E-state index is 10.9. The second-order valence-corrected chi connectivity index (χ2v) is 5.95. The third-order valence-electron chi connectivity index (χ3n) is 2.11. The van der Waals surface area contributed by atoms with Gasteiger partial charge in [0.25, 0.3) is 10.1 Å². The summed E-state index contributed by atoms with van der Waals surface area (Å²) < 4.78 is 30.6. The van der Waals surface area contributed by atoms with Crippen molar-refractivity contribution in [2.75, 3.05) is 5.32 Å². The van der Waals surface area contributed by atoms with Crippen molar-refractivity contribution >= 4 is 56.4 Å². The molecular formula is C10H5Cl3N3O3S. The van der Waals surface area contributed by atoms with Gasteiger partial charge in [-0.25, -0.2) is 4.98 Å². The fraction of sp³-hybridized carbons (Fsp3) is 0. The Balaban J connectivity index is 2.32. The molecule has 1 heterocycles. The molecule has 1 aromatic heterocycles. The molecule has 0 amide bonds. The van der Waals surface area contributed by atoms with Gasteiger partial charge >= 0.3 is 0 Å². The van der Waals surface area contributed by atoms with Crippen LogP contribution in [0.25, 0.3) is 0 Å². The molecule has 0 atom stereocenters. The number of benzene rings is 1. The van der Waals surface area contributed by atoms with E-state index in [0.717, 1.165) is 6.07 Å². The van der Waals surface area contributed by atoms with Crippen LogP contribution >= 0.6 is 34.8 Å². The van der Waals surface area contributed by atoms with E-state index in [9.17, 15) is 8.42 Å². The van der Waals surface area contributed by atoms with Crippen molar-refractivity contribution in [1.29, 1.82) is 0 Å². The first-order chi connectivity index (χ1) is 9.27. The molecule has 0 saturated carbocycles. The maximum Gasteiger partial charge on any atom is 0.295 e. The number of hydrogen-bond donors (Lipinski definition) is 2. The maximum absolute atomic E-state index is 10.9. The molecule has 2 N–H and O–H groups in total. The molecule has 0 aliphatic heterocycles. The van der Waals surface area contributed by atoms with Crippen molar-refractivity contribution in [3.63, 3.8) is 0 Å². The van der Waals surface area contributed by atoms with Gasteiger partial charge in [0.15, 0.2) is 11.0 Å². The number of rotatable bonds is 3. The molecule has 0 aliphatic carbocycles. The Hall–Kier alpha value is -1.12. The highest BCUT2D eigenvalue weighted by Crippen LogP contribution is 2.30. The Bertz CT molecular complexity index is 750. The fourth-order valence-electron chi connectivity index (χ4n) is 1.26. The van der Waals surface area contributed by atoms with Crippen molar-refractivity contribution in [2.24, 2.45) is 0 Å². The lowest BCUT2D eigenvalue weighted by Gasteiger charge is -2.08. The molecule has 1 radical (unpaired) electrons. The summed E-state index contributed by atoms with van der Waals surface area (Å²) in [5, 5.41) is 2.72. The molecule has 0 spiro atoms. The van der Waals surface area contributed by atoms with Gasteiger partial charge in [0.1, 0.15) is 9.92 Å². The van der Waals surface area contributed by atoms with Gasteiger partial charge in [-0.3, -0.25) is 4.55 Å². The van der Waals surface area contributed by atoms with E-state index >= 15 is 0 Å². The smallest absolute Gasteiger partial charge is 0.295 e. The Kier molecular flexibility index (Phi) is 4.36. The summed E-state index contributed by atoms with van der Waals surface area (Å²) in [5.74, 6) is 0.157. The van der Waals surface area contributed by atoms with Gasteiger partial charge in [-0.15, -0.1) is 0 Å². The molecule has 20 heavy (non-hydrogen) atoms. The van der Waals surface area contributed by atoms with Gasteiger partial charge in [-0.1, -0.05) is 23.2 Å². The lowest BCUT2D eigenvalue weighted by atomic mass is 10.3. The Labute approximate surface area is 129 Å². The summed E-state index contributed by atoms with van der Waals surface area (Å²) in [4.78, 5) is 7.14. The van der Waals surface area contributed by atoms with Crippen LogP contribution in [0.15, 0.2) is 23.1 Å². The predicted molar refractivity (Wildman–Crippen MR) is 75.4 cm³/mol. The Morgan fingerprint density at radius 3 is 2.45 bits per heavy atom. The lowest BCUT2D eigenvalue weighted by Crippen LogP contribution is -2.00. The standard InChI is InChI=1S/C10H5Cl3N3O3S/c11-7-8(12)15-10(13)16-9(7)14-5-1-3-6(4-2-5)20(17,18)19/h1-3H,(H,14,15,16)(H,17,18,19). The normalized spacial score (nSPS) is 11.4. The molecule has 0 fully saturated rings. The van der Waals surface area contributed by atoms with Crippen LogP contribution in [-0.2, 0) is 10.1 Å². The molecule has 0 bridgehead atoms. The Morgan fingerprint density at radius 2 is 1.90 bits per heavy atom. The average molecular weight is 354 g/mol. The van der Waals surface area contributed by atoms with Crippen molar-refractivity contribution in [3.8, 4) is 0 Å². The van der Waals surface area contributed by atoms with Gasteiger partial charge in [0.05, 0.1) is 0 Å². The minimum absolute atomic E-state index is 0.0206. The average Bonchev–Trinajstić information content (AvgIpc) is 2.35. The first-order valence-electron chi connectivity index (χ1n) is 4.92. The number of nitrogens with zero attached hydrogens (tertiary/aromatic N) is 2. The second kappa shape index (κ2) is 5.71. The van der Waals surface area contributed by atoms with Gasteiger partial charge in [-0.2, -0.15) is 13.4 Å². The predicted octanol–water partition coefficient (Wildman–Crippen LogP) is 3.23. The summed E-state index contributed by atoms with van der Waals surface area (Å²) in [6.45, 7) is 0. The molecule has 105 valence electrons. The zero-order valence-electron chi connectivity index (χ0n) is 9.43. The molecular weight excluding hydrogens is 349 g/mol. The largest absolute Gasteiger partial charge is 0.339 e. The van der Waals surface area contributed by atoms with Gasteiger partial charge in [0.2, 0.25) is 5.28 Å². The minimum atomic E-state index is -4.29. The highest BCUT2D eigenvalue weighted by Gasteiger charge is 2.12. The zero-order valence-corrected chi connectivity index (χ0v) is 12.5. The van der Waals surface area contributed by atoms with Gasteiger partial charge in [-0.05, 0) is 29.8 Å². The number of anilines is 2. The molecule has 10 heteroatoms. The second-order valence-electron chi connectivity index (χ2n) is 3.49. The summed E-state index contributed by atoms with van der Waals surface area (Å²) >= 11 is 17.3. The third-order valence-corrected chi connectivity index (χ3v) is 3.82. The van der Waals surface area contributed by atoms with Crippen LogP contribution in [0.2, 0.25) is 15.5 Å². The molecule has 2 rings (SSSR count). The van der Waals surface area contributed by atoms with Gasteiger partial charge < -0.3 is 5.32 Å². The van der Waals surface area contributed by atoms with E-state index < -0.39 is 10.1 Å². The summed E-state index contributed by atoms with van der Waals surface area (Å²) in [6.07, 6.45) is 0. The van der Waals surface area contributed by atoms with Crippen molar-refractivity contribution in [1.82, 2.24) is 9.97 Å². The molecule has 2 aromatic rings. The van der Waals surface area contributed by atoms with E-state index in [4.69, 9.17) is 39.4 Å². The van der Waals surface area contributed by atoms with Crippen LogP contribution in [0.5, 0.6) is 0 Å². The van der Waals surface area contributed by atoms with Crippen LogP contribution in [0.4, 0.5) is 11.5 Å². The number of aromatic nitrogens is 2. The van der Waals surface area contributed by atoms with Crippen LogP contribution in [0.1, 0.15) is 0 Å².